The summed E-state index contributed by atoms with van der Waals surface area (Å²) in [6, 6.07) is 0. The Kier molecular flexibility index (Phi) is 14.1. The van der Waals surface area contributed by atoms with Gasteiger partial charge in [-0.15, -0.1) is 0 Å². The molecule has 0 aromatic carbocycles. The standard InChI is InChI=1S/C21H40O7/c1-3-7-21(27-19-20-28-21)8-4-2-6-10-23-12-14-25-16-18-26-17-15-24-13-11-22-9-5-1/h1-20H2. The zero-order valence-corrected chi connectivity index (χ0v) is 17.5. The van der Waals surface area contributed by atoms with Crippen molar-refractivity contribution in [3.63, 3.8) is 0 Å². The third-order valence-electron chi connectivity index (χ3n) is 4.99. The van der Waals surface area contributed by atoms with Crippen LogP contribution in [0.5, 0.6) is 0 Å². The van der Waals surface area contributed by atoms with Gasteiger partial charge in [-0.25, -0.2) is 0 Å². The molecule has 28 heavy (non-hydrogen) atoms. The highest BCUT2D eigenvalue weighted by atomic mass is 16.7. The van der Waals surface area contributed by atoms with Crippen molar-refractivity contribution in [1.29, 1.82) is 0 Å². The zero-order chi connectivity index (χ0) is 19.6. The Balaban J connectivity index is 1.62. The van der Waals surface area contributed by atoms with E-state index >= 15 is 0 Å². The molecule has 7 nitrogen and oxygen atoms in total. The lowest BCUT2D eigenvalue weighted by molar-refractivity contribution is -0.168. The zero-order valence-electron chi connectivity index (χ0n) is 17.5. The van der Waals surface area contributed by atoms with Gasteiger partial charge in [0.25, 0.3) is 0 Å². The molecule has 0 aliphatic carbocycles. The third kappa shape index (κ3) is 11.7. The fraction of sp³-hybridized carbons (Fsp3) is 1.00. The highest BCUT2D eigenvalue weighted by Gasteiger charge is 2.35. The maximum atomic E-state index is 5.97. The summed E-state index contributed by atoms with van der Waals surface area (Å²) >= 11 is 0. The van der Waals surface area contributed by atoms with Crippen molar-refractivity contribution in [3.05, 3.63) is 0 Å². The van der Waals surface area contributed by atoms with E-state index in [1.54, 1.807) is 0 Å². The van der Waals surface area contributed by atoms with Crippen molar-refractivity contribution in [1.82, 2.24) is 0 Å². The molecule has 2 rings (SSSR count). The maximum absolute atomic E-state index is 5.97. The molecule has 0 atom stereocenters. The van der Waals surface area contributed by atoms with E-state index in [1.165, 1.54) is 0 Å². The minimum absolute atomic E-state index is 0.348. The molecule has 0 radical (unpaired) electrons. The van der Waals surface area contributed by atoms with E-state index in [0.717, 1.165) is 77.8 Å². The van der Waals surface area contributed by atoms with E-state index in [0.29, 0.717) is 52.9 Å². The second-order valence-electron chi connectivity index (χ2n) is 7.29. The van der Waals surface area contributed by atoms with Crippen LogP contribution in [0.15, 0.2) is 0 Å². The average Bonchev–Trinajstić information content (AvgIpc) is 3.17. The Bertz CT molecular complexity index is 322. The molecule has 2 fully saturated rings. The SMILES string of the molecule is C1CCOCCOCCOCCOCCOCCCCCC2(CC1)OCCO2. The molecule has 0 aromatic heterocycles. The van der Waals surface area contributed by atoms with Gasteiger partial charge in [-0.2, -0.15) is 0 Å². The summed E-state index contributed by atoms with van der Waals surface area (Å²) in [5.41, 5.74) is 0. The molecule has 2 heterocycles. The fourth-order valence-electron chi connectivity index (χ4n) is 3.44. The Morgan fingerprint density at radius 3 is 1.07 bits per heavy atom. The van der Waals surface area contributed by atoms with Gasteiger partial charge in [-0.3, -0.25) is 0 Å². The summed E-state index contributed by atoms with van der Waals surface area (Å²) in [6.45, 7) is 7.87. The van der Waals surface area contributed by atoms with Crippen LogP contribution in [0.25, 0.3) is 0 Å². The molecule has 2 saturated heterocycles. The van der Waals surface area contributed by atoms with Crippen LogP contribution >= 0.6 is 0 Å². The molecule has 0 N–H and O–H groups in total. The van der Waals surface area contributed by atoms with Crippen LogP contribution < -0.4 is 0 Å². The lowest BCUT2D eigenvalue weighted by Gasteiger charge is -2.27. The summed E-state index contributed by atoms with van der Waals surface area (Å²) < 4.78 is 39.6. The van der Waals surface area contributed by atoms with Crippen molar-refractivity contribution in [2.75, 3.05) is 79.3 Å². The quantitative estimate of drug-likeness (QED) is 0.615. The van der Waals surface area contributed by atoms with E-state index in [9.17, 15) is 0 Å². The van der Waals surface area contributed by atoms with Crippen LogP contribution in [0.1, 0.15) is 51.4 Å². The van der Waals surface area contributed by atoms with Gasteiger partial charge in [-0.05, 0) is 25.7 Å². The number of ether oxygens (including phenoxy) is 7. The van der Waals surface area contributed by atoms with E-state index in [1.807, 2.05) is 0 Å². The van der Waals surface area contributed by atoms with Crippen molar-refractivity contribution in [3.8, 4) is 0 Å². The molecular weight excluding hydrogens is 364 g/mol. The van der Waals surface area contributed by atoms with E-state index in [4.69, 9.17) is 33.2 Å². The maximum Gasteiger partial charge on any atom is 0.168 e. The van der Waals surface area contributed by atoms with Gasteiger partial charge in [-0.1, -0.05) is 12.8 Å². The Hall–Kier alpha value is -0.280. The monoisotopic (exact) mass is 404 g/mol. The second kappa shape index (κ2) is 16.5. The first-order chi connectivity index (χ1) is 13.9. The number of hydrogen-bond donors (Lipinski definition) is 0. The first kappa shape index (κ1) is 24.0. The van der Waals surface area contributed by atoms with Crippen molar-refractivity contribution in [2.24, 2.45) is 0 Å². The van der Waals surface area contributed by atoms with Gasteiger partial charge in [0.1, 0.15) is 0 Å². The minimum atomic E-state index is -0.348. The molecule has 2 aliphatic rings. The molecule has 1 spiro atoms. The van der Waals surface area contributed by atoms with Gasteiger partial charge < -0.3 is 33.2 Å². The molecule has 0 bridgehead atoms. The predicted molar refractivity (Wildman–Crippen MR) is 106 cm³/mol. The largest absolute Gasteiger partial charge is 0.379 e. The lowest BCUT2D eigenvalue weighted by Crippen LogP contribution is -2.30. The number of hydrogen-bond acceptors (Lipinski definition) is 7. The van der Waals surface area contributed by atoms with Crippen molar-refractivity contribution in [2.45, 2.75) is 57.2 Å². The Labute approximate surface area is 170 Å². The third-order valence-corrected chi connectivity index (χ3v) is 4.99. The normalized spacial score (nSPS) is 26.6. The van der Waals surface area contributed by atoms with Crippen LogP contribution in [0, 0.1) is 0 Å². The van der Waals surface area contributed by atoms with Gasteiger partial charge in [0.05, 0.1) is 66.1 Å². The summed E-state index contributed by atoms with van der Waals surface area (Å²) in [6.07, 6.45) is 8.58. The van der Waals surface area contributed by atoms with Gasteiger partial charge in [0, 0.05) is 26.1 Å². The molecule has 7 heteroatoms. The van der Waals surface area contributed by atoms with E-state index in [2.05, 4.69) is 0 Å². The topological polar surface area (TPSA) is 64.6 Å². The molecule has 0 unspecified atom stereocenters. The highest BCUT2D eigenvalue weighted by molar-refractivity contribution is 4.74. The van der Waals surface area contributed by atoms with Gasteiger partial charge in [0.15, 0.2) is 5.79 Å². The molecule has 0 saturated carbocycles. The summed E-state index contributed by atoms with van der Waals surface area (Å²) in [5.74, 6) is -0.348. The summed E-state index contributed by atoms with van der Waals surface area (Å²) in [5, 5.41) is 0. The predicted octanol–water partition coefficient (Wildman–Crippen LogP) is 2.95. The molecule has 166 valence electrons. The van der Waals surface area contributed by atoms with Crippen LogP contribution in [0.2, 0.25) is 0 Å². The fourth-order valence-corrected chi connectivity index (χ4v) is 3.44. The summed E-state index contributed by atoms with van der Waals surface area (Å²) in [7, 11) is 0. The molecule has 0 amide bonds. The lowest BCUT2D eigenvalue weighted by atomic mass is 10.0. The Morgan fingerprint density at radius 2 is 0.679 bits per heavy atom. The van der Waals surface area contributed by atoms with Crippen LogP contribution in [-0.2, 0) is 33.2 Å². The molecule has 2 aliphatic heterocycles. The van der Waals surface area contributed by atoms with Crippen LogP contribution in [0.3, 0.4) is 0 Å². The first-order valence-corrected chi connectivity index (χ1v) is 11.1. The highest BCUT2D eigenvalue weighted by Crippen LogP contribution is 2.31. The van der Waals surface area contributed by atoms with Gasteiger partial charge >= 0.3 is 0 Å². The Morgan fingerprint density at radius 1 is 0.321 bits per heavy atom. The van der Waals surface area contributed by atoms with Crippen molar-refractivity contribution < 1.29 is 33.2 Å². The molecular formula is C21H40O7. The van der Waals surface area contributed by atoms with Gasteiger partial charge in [0.2, 0.25) is 0 Å². The average molecular weight is 405 g/mol. The van der Waals surface area contributed by atoms with Crippen molar-refractivity contribution >= 4 is 0 Å². The van der Waals surface area contributed by atoms with E-state index in [-0.39, 0.29) is 5.79 Å². The van der Waals surface area contributed by atoms with Crippen LogP contribution in [0.4, 0.5) is 0 Å². The minimum Gasteiger partial charge on any atom is -0.379 e. The molecule has 0 aromatic rings. The number of rotatable bonds is 0. The first-order valence-electron chi connectivity index (χ1n) is 11.1. The smallest absolute Gasteiger partial charge is 0.168 e. The second-order valence-corrected chi connectivity index (χ2v) is 7.29. The van der Waals surface area contributed by atoms with E-state index < -0.39 is 0 Å². The van der Waals surface area contributed by atoms with Crippen LogP contribution in [-0.4, -0.2) is 85.1 Å². The summed E-state index contributed by atoms with van der Waals surface area (Å²) in [4.78, 5) is 0.